The third-order valence-electron chi connectivity index (χ3n) is 6.72. The maximum absolute atomic E-state index is 13.6. The van der Waals surface area contributed by atoms with E-state index in [-0.39, 0.29) is 17.0 Å². The number of carbonyl (C=O) groups is 1. The fourth-order valence-corrected chi connectivity index (χ4v) is 6.15. The number of thiophene rings is 1. The van der Waals surface area contributed by atoms with Gasteiger partial charge in [-0.15, -0.1) is 11.3 Å². The molecule has 2 aliphatic rings. The van der Waals surface area contributed by atoms with Crippen molar-refractivity contribution in [2.45, 2.75) is 19.1 Å². The van der Waals surface area contributed by atoms with Crippen molar-refractivity contribution in [2.24, 2.45) is 0 Å². The molecular formula is C28H25ClFN5O2S. The van der Waals surface area contributed by atoms with E-state index in [1.54, 1.807) is 23.5 Å². The molecule has 0 aliphatic carbocycles. The summed E-state index contributed by atoms with van der Waals surface area (Å²) in [7, 11) is 0. The molecule has 0 radical (unpaired) electrons. The van der Waals surface area contributed by atoms with Gasteiger partial charge in [0.05, 0.1) is 17.0 Å². The lowest BCUT2D eigenvalue weighted by Crippen LogP contribution is -2.53. The molecule has 1 fully saturated rings. The number of likely N-dealkylation sites (tertiary alicyclic amines) is 1. The molecule has 2 aromatic heterocycles. The zero-order chi connectivity index (χ0) is 26.1. The quantitative estimate of drug-likeness (QED) is 0.310. The van der Waals surface area contributed by atoms with Crippen LogP contribution in [0.15, 0.2) is 67.0 Å². The van der Waals surface area contributed by atoms with Gasteiger partial charge in [-0.05, 0) is 42.3 Å². The molecule has 2 aliphatic heterocycles. The van der Waals surface area contributed by atoms with E-state index in [9.17, 15) is 9.18 Å². The molecule has 10 heteroatoms. The van der Waals surface area contributed by atoms with Gasteiger partial charge < -0.3 is 15.0 Å². The monoisotopic (exact) mass is 549 g/mol. The first-order valence-electron chi connectivity index (χ1n) is 12.4. The number of rotatable bonds is 7. The van der Waals surface area contributed by atoms with Gasteiger partial charge in [0.2, 0.25) is 5.91 Å². The molecule has 2 aromatic carbocycles. The fourth-order valence-electron chi connectivity index (χ4n) is 4.77. The molecule has 1 saturated heterocycles. The summed E-state index contributed by atoms with van der Waals surface area (Å²) in [5.41, 5.74) is 1.80. The van der Waals surface area contributed by atoms with E-state index in [2.05, 4.69) is 20.2 Å². The number of para-hydroxylation sites is 1. The zero-order valence-electron chi connectivity index (χ0n) is 20.4. The van der Waals surface area contributed by atoms with E-state index in [0.29, 0.717) is 31.0 Å². The summed E-state index contributed by atoms with van der Waals surface area (Å²) in [6.07, 6.45) is 6.02. The van der Waals surface area contributed by atoms with Crippen molar-refractivity contribution in [1.82, 2.24) is 19.8 Å². The third-order valence-corrected chi connectivity index (χ3v) is 8.14. The van der Waals surface area contributed by atoms with Gasteiger partial charge in [-0.3, -0.25) is 9.69 Å². The molecule has 38 heavy (non-hydrogen) atoms. The molecule has 0 unspecified atom stereocenters. The number of halogens is 2. The third kappa shape index (κ3) is 5.22. The first kappa shape index (κ1) is 24.8. The number of fused-ring (bicyclic) bond motifs is 3. The highest BCUT2D eigenvalue weighted by atomic mass is 35.5. The molecule has 0 saturated carbocycles. The van der Waals surface area contributed by atoms with Crippen molar-refractivity contribution < 1.29 is 13.9 Å². The minimum Gasteiger partial charge on any atom is -0.488 e. The van der Waals surface area contributed by atoms with E-state index in [4.69, 9.17) is 16.3 Å². The summed E-state index contributed by atoms with van der Waals surface area (Å²) >= 11 is 7.52. The maximum atomic E-state index is 13.6. The van der Waals surface area contributed by atoms with Crippen LogP contribution in [-0.4, -0.2) is 58.0 Å². The first-order chi connectivity index (χ1) is 18.5. The molecule has 4 aromatic rings. The summed E-state index contributed by atoms with van der Waals surface area (Å²) in [5.74, 6) is 1.08. The molecule has 1 N–H and O–H groups in total. The van der Waals surface area contributed by atoms with Crippen LogP contribution in [0.1, 0.15) is 10.4 Å². The van der Waals surface area contributed by atoms with E-state index in [1.165, 1.54) is 18.5 Å². The predicted molar refractivity (Wildman–Crippen MR) is 148 cm³/mol. The van der Waals surface area contributed by atoms with E-state index < -0.39 is 5.82 Å². The van der Waals surface area contributed by atoms with Crippen molar-refractivity contribution in [2.75, 3.05) is 31.5 Å². The predicted octanol–water partition coefficient (Wildman–Crippen LogP) is 5.43. The lowest BCUT2D eigenvalue weighted by Gasteiger charge is -2.38. The molecule has 0 spiro atoms. The van der Waals surface area contributed by atoms with Crippen LogP contribution in [0.2, 0.25) is 5.02 Å². The van der Waals surface area contributed by atoms with Crippen molar-refractivity contribution >= 4 is 50.6 Å². The number of hydrogen-bond acceptors (Lipinski definition) is 7. The second kappa shape index (κ2) is 10.7. The number of ether oxygens (including phenoxy) is 1. The maximum Gasteiger partial charge on any atom is 0.246 e. The number of anilines is 2. The summed E-state index contributed by atoms with van der Waals surface area (Å²) < 4.78 is 19.5. The zero-order valence-corrected chi connectivity index (χ0v) is 22.0. The van der Waals surface area contributed by atoms with Crippen LogP contribution in [-0.2, 0) is 17.8 Å². The highest BCUT2D eigenvalue weighted by molar-refractivity contribution is 7.19. The molecule has 0 atom stereocenters. The Morgan fingerprint density at radius 1 is 1.21 bits per heavy atom. The smallest absolute Gasteiger partial charge is 0.246 e. The lowest BCUT2D eigenvalue weighted by atomic mass is 10.0. The largest absolute Gasteiger partial charge is 0.488 e. The molecule has 4 heterocycles. The fraction of sp³-hybridized carbons (Fsp3) is 0.250. The van der Waals surface area contributed by atoms with Gasteiger partial charge in [-0.1, -0.05) is 35.9 Å². The molecular weight excluding hydrogens is 525 g/mol. The summed E-state index contributed by atoms with van der Waals surface area (Å²) in [6.45, 7) is 3.58. The summed E-state index contributed by atoms with van der Waals surface area (Å²) in [5, 5.41) is 4.24. The highest BCUT2D eigenvalue weighted by Gasteiger charge is 2.28. The van der Waals surface area contributed by atoms with Gasteiger partial charge in [0, 0.05) is 42.8 Å². The minimum atomic E-state index is -0.470. The van der Waals surface area contributed by atoms with Crippen molar-refractivity contribution in [3.8, 4) is 5.75 Å². The number of benzene rings is 2. The van der Waals surface area contributed by atoms with E-state index in [0.717, 1.165) is 46.0 Å². The molecule has 0 bridgehead atoms. The topological polar surface area (TPSA) is 70.6 Å². The van der Waals surface area contributed by atoms with Crippen LogP contribution in [0.5, 0.6) is 5.75 Å². The minimum absolute atomic E-state index is 0.0103. The highest BCUT2D eigenvalue weighted by Crippen LogP contribution is 2.38. The Kier molecular flexibility index (Phi) is 6.97. The Bertz CT molecular complexity index is 1510. The van der Waals surface area contributed by atoms with Crippen LogP contribution in [0.3, 0.4) is 0 Å². The summed E-state index contributed by atoms with van der Waals surface area (Å²) in [6, 6.07) is 14.3. The average molecular weight is 550 g/mol. The number of carbonyl (C=O) groups excluding carboxylic acids is 1. The Hall–Kier alpha value is -3.53. The van der Waals surface area contributed by atoms with Crippen LogP contribution in [0.4, 0.5) is 15.9 Å². The van der Waals surface area contributed by atoms with Gasteiger partial charge in [-0.25, -0.2) is 14.4 Å². The SMILES string of the molecule is O=C(/C=C/CN1CC(Oc2ccccc2)C1)N1CCc2c(sc3ncnc(Nc4ccc(F)c(Cl)c4)c23)C1. The first-order valence-corrected chi connectivity index (χ1v) is 13.6. The van der Waals surface area contributed by atoms with Crippen LogP contribution in [0, 0.1) is 5.82 Å². The number of nitrogens with one attached hydrogen (secondary N) is 1. The van der Waals surface area contributed by atoms with Gasteiger partial charge in [0.15, 0.2) is 0 Å². The second-order valence-corrected chi connectivity index (χ2v) is 10.8. The second-order valence-electron chi connectivity index (χ2n) is 9.34. The normalized spacial score (nSPS) is 16.0. The van der Waals surface area contributed by atoms with Gasteiger partial charge in [0.1, 0.15) is 34.6 Å². The Balaban J connectivity index is 1.06. The van der Waals surface area contributed by atoms with Gasteiger partial charge in [0.25, 0.3) is 0 Å². The lowest BCUT2D eigenvalue weighted by molar-refractivity contribution is -0.126. The van der Waals surface area contributed by atoms with Crippen molar-refractivity contribution in [1.29, 1.82) is 0 Å². The molecule has 1 amide bonds. The Morgan fingerprint density at radius 3 is 2.87 bits per heavy atom. The van der Waals surface area contributed by atoms with E-state index >= 15 is 0 Å². The van der Waals surface area contributed by atoms with Crippen LogP contribution >= 0.6 is 22.9 Å². The molecule has 194 valence electrons. The summed E-state index contributed by atoms with van der Waals surface area (Å²) in [4.78, 5) is 27.9. The Labute approximate surface area is 228 Å². The number of nitrogens with zero attached hydrogens (tertiary/aromatic N) is 4. The molecule has 7 nitrogen and oxygen atoms in total. The van der Waals surface area contributed by atoms with Crippen molar-refractivity contribution in [3.05, 3.63) is 88.3 Å². The van der Waals surface area contributed by atoms with Crippen LogP contribution < -0.4 is 10.1 Å². The molecule has 6 rings (SSSR count). The Morgan fingerprint density at radius 2 is 2.05 bits per heavy atom. The average Bonchev–Trinajstić information content (AvgIpc) is 3.28. The van der Waals surface area contributed by atoms with Crippen molar-refractivity contribution in [3.63, 3.8) is 0 Å². The number of aromatic nitrogens is 2. The van der Waals surface area contributed by atoms with Gasteiger partial charge >= 0.3 is 0 Å². The standard InChI is InChI=1S/C28H25ClFN5O2S/c29-22-13-18(8-9-23(22)30)33-27-26-21-10-12-35(16-24(21)38-28(26)32-17-31-27)25(36)7-4-11-34-14-20(15-34)37-19-5-2-1-3-6-19/h1-9,13,17,20H,10-12,14-16H2,(H,31,32,33)/b7-4+. The van der Waals surface area contributed by atoms with Crippen LogP contribution in [0.25, 0.3) is 10.2 Å². The van der Waals surface area contributed by atoms with Gasteiger partial charge in [-0.2, -0.15) is 0 Å². The van der Waals surface area contributed by atoms with E-state index in [1.807, 2.05) is 41.3 Å². The number of amides is 1. The number of hydrogen-bond donors (Lipinski definition) is 1.